The Morgan fingerprint density at radius 2 is 1.54 bits per heavy atom. The number of rotatable bonds is 5. The molecule has 1 N–H and O–H groups in total. The van der Waals surface area contributed by atoms with Crippen LogP contribution in [0.5, 0.6) is 0 Å². The maximum atomic E-state index is 14.0. The van der Waals surface area contributed by atoms with Gasteiger partial charge in [-0.25, -0.2) is 4.39 Å². The van der Waals surface area contributed by atoms with Crippen molar-refractivity contribution in [2.45, 2.75) is 6.04 Å². The van der Waals surface area contributed by atoms with Crippen LogP contribution in [-0.4, -0.2) is 5.91 Å². The number of nitriles is 1. The molecule has 0 atom stereocenters. The molecule has 0 aliphatic carbocycles. The van der Waals surface area contributed by atoms with E-state index in [1.54, 1.807) is 0 Å². The first-order chi connectivity index (χ1) is 13.6. The van der Waals surface area contributed by atoms with Crippen molar-refractivity contribution in [3.05, 3.63) is 112 Å². The highest BCUT2D eigenvalue weighted by Crippen LogP contribution is 2.24. The van der Waals surface area contributed by atoms with Gasteiger partial charge in [0, 0.05) is 5.56 Å². The highest BCUT2D eigenvalue weighted by atomic mass is 35.5. The molecule has 0 radical (unpaired) electrons. The molecule has 3 rings (SSSR count). The van der Waals surface area contributed by atoms with Crippen molar-refractivity contribution >= 4 is 23.6 Å². The quantitative estimate of drug-likeness (QED) is 0.475. The van der Waals surface area contributed by atoms with Gasteiger partial charge in [0.2, 0.25) is 0 Å². The van der Waals surface area contributed by atoms with Gasteiger partial charge in [-0.15, -0.1) is 0 Å². The fraction of sp³-hybridized carbons (Fsp3) is 0.0435. The van der Waals surface area contributed by atoms with Crippen LogP contribution >= 0.6 is 11.6 Å². The highest BCUT2D eigenvalue weighted by molar-refractivity contribution is 6.32. The molecular weight excluding hydrogens is 375 g/mol. The van der Waals surface area contributed by atoms with E-state index in [0.29, 0.717) is 0 Å². The molecule has 0 spiro atoms. The molecule has 1 amide bonds. The van der Waals surface area contributed by atoms with E-state index in [0.717, 1.165) is 11.1 Å². The predicted molar refractivity (Wildman–Crippen MR) is 108 cm³/mol. The van der Waals surface area contributed by atoms with Gasteiger partial charge >= 0.3 is 0 Å². The lowest BCUT2D eigenvalue weighted by Crippen LogP contribution is -2.30. The van der Waals surface area contributed by atoms with Gasteiger partial charge in [-0.1, -0.05) is 78.3 Å². The van der Waals surface area contributed by atoms with E-state index in [1.165, 1.54) is 24.3 Å². The van der Waals surface area contributed by atoms with E-state index < -0.39 is 17.8 Å². The van der Waals surface area contributed by atoms with Gasteiger partial charge in [0.05, 0.1) is 11.1 Å². The third-order valence-corrected chi connectivity index (χ3v) is 4.52. The zero-order chi connectivity index (χ0) is 19.9. The number of nitrogens with zero attached hydrogens (tertiary/aromatic N) is 1. The van der Waals surface area contributed by atoms with Gasteiger partial charge in [0.15, 0.2) is 0 Å². The predicted octanol–water partition coefficient (Wildman–Crippen LogP) is 5.29. The molecule has 0 saturated carbocycles. The number of benzene rings is 3. The second-order valence-electron chi connectivity index (χ2n) is 6.03. The van der Waals surface area contributed by atoms with Gasteiger partial charge in [-0.3, -0.25) is 4.79 Å². The van der Waals surface area contributed by atoms with Crippen molar-refractivity contribution in [2.24, 2.45) is 0 Å². The van der Waals surface area contributed by atoms with Crippen molar-refractivity contribution in [2.75, 3.05) is 0 Å². The molecule has 3 aromatic carbocycles. The summed E-state index contributed by atoms with van der Waals surface area (Å²) in [4.78, 5) is 12.8. The highest BCUT2D eigenvalue weighted by Gasteiger charge is 2.20. The van der Waals surface area contributed by atoms with E-state index in [9.17, 15) is 14.4 Å². The topological polar surface area (TPSA) is 52.9 Å². The summed E-state index contributed by atoms with van der Waals surface area (Å²) >= 11 is 6.01. The van der Waals surface area contributed by atoms with Crippen LogP contribution < -0.4 is 5.32 Å². The molecule has 5 heteroatoms. The number of nitrogens with one attached hydrogen (secondary N) is 1. The average molecular weight is 391 g/mol. The number of amides is 1. The molecule has 0 saturated heterocycles. The largest absolute Gasteiger partial charge is 0.340 e. The number of hydrogen-bond donors (Lipinski definition) is 1. The normalized spacial score (nSPS) is 11.1. The maximum Gasteiger partial charge on any atom is 0.262 e. The molecule has 0 aliphatic rings. The monoisotopic (exact) mass is 390 g/mol. The van der Waals surface area contributed by atoms with Gasteiger partial charge in [-0.05, 0) is 29.3 Å². The first-order valence-electron chi connectivity index (χ1n) is 8.56. The number of carbonyl (C=O) groups is 1. The van der Waals surface area contributed by atoms with Crippen LogP contribution in [0.4, 0.5) is 4.39 Å². The lowest BCUT2D eigenvalue weighted by atomic mass is 9.98. The average Bonchev–Trinajstić information content (AvgIpc) is 2.73. The fourth-order valence-corrected chi connectivity index (χ4v) is 3.02. The number of halogens is 2. The SMILES string of the molecule is N#C/C(=C\c1c(F)cccc1Cl)C(=O)NC(c1ccccc1)c1ccccc1. The Labute approximate surface area is 167 Å². The summed E-state index contributed by atoms with van der Waals surface area (Å²) in [5.41, 5.74) is 1.50. The Morgan fingerprint density at radius 3 is 2.04 bits per heavy atom. The summed E-state index contributed by atoms with van der Waals surface area (Å²) < 4.78 is 14.0. The van der Waals surface area contributed by atoms with Crippen LogP contribution in [0.15, 0.2) is 84.4 Å². The summed E-state index contributed by atoms with van der Waals surface area (Å²) in [6, 6.07) is 24.4. The molecule has 3 aromatic rings. The van der Waals surface area contributed by atoms with Crippen LogP contribution in [0.3, 0.4) is 0 Å². The van der Waals surface area contributed by atoms with Crippen LogP contribution in [0.25, 0.3) is 6.08 Å². The minimum absolute atomic E-state index is 0.00633. The minimum Gasteiger partial charge on any atom is -0.340 e. The van der Waals surface area contributed by atoms with E-state index >= 15 is 0 Å². The van der Waals surface area contributed by atoms with Gasteiger partial charge in [0.25, 0.3) is 5.91 Å². The molecule has 28 heavy (non-hydrogen) atoms. The molecule has 0 aliphatic heterocycles. The smallest absolute Gasteiger partial charge is 0.262 e. The van der Waals surface area contributed by atoms with Crippen LogP contribution in [0.2, 0.25) is 5.02 Å². The van der Waals surface area contributed by atoms with Crippen LogP contribution in [0, 0.1) is 17.1 Å². The van der Waals surface area contributed by atoms with Crippen molar-refractivity contribution < 1.29 is 9.18 Å². The Bertz CT molecular complexity index is 983. The van der Waals surface area contributed by atoms with E-state index in [4.69, 9.17) is 11.6 Å². The van der Waals surface area contributed by atoms with Crippen molar-refractivity contribution in [3.8, 4) is 6.07 Å². The summed E-state index contributed by atoms with van der Waals surface area (Å²) in [5.74, 6) is -1.21. The van der Waals surface area contributed by atoms with Crippen molar-refractivity contribution in [1.82, 2.24) is 5.32 Å². The lowest BCUT2D eigenvalue weighted by molar-refractivity contribution is -0.117. The molecular formula is C23H16ClFN2O. The molecule has 138 valence electrons. The maximum absolute atomic E-state index is 14.0. The molecule has 0 fully saturated rings. The third kappa shape index (κ3) is 4.46. The van der Waals surface area contributed by atoms with Gasteiger partial charge in [0.1, 0.15) is 17.5 Å². The molecule has 0 aromatic heterocycles. The minimum atomic E-state index is -0.612. The molecule has 0 heterocycles. The third-order valence-electron chi connectivity index (χ3n) is 4.19. The second kappa shape index (κ2) is 8.98. The number of carbonyl (C=O) groups excluding carboxylic acids is 1. The standard InChI is InChI=1S/C23H16ClFN2O/c24-20-12-7-13-21(25)19(20)14-18(15-26)23(28)27-22(16-8-3-1-4-9-16)17-10-5-2-6-11-17/h1-14,22H,(H,27,28)/b18-14+. The van der Waals surface area contributed by atoms with Crippen molar-refractivity contribution in [1.29, 1.82) is 5.26 Å². The Kier molecular flexibility index (Phi) is 6.21. The Balaban J connectivity index is 1.95. The first kappa shape index (κ1) is 19.3. The van der Waals surface area contributed by atoms with Gasteiger partial charge in [-0.2, -0.15) is 5.26 Å². The zero-order valence-corrected chi connectivity index (χ0v) is 15.5. The molecule has 0 unspecified atom stereocenters. The second-order valence-corrected chi connectivity index (χ2v) is 6.44. The Hall–Kier alpha value is -3.42. The van der Waals surface area contributed by atoms with E-state index in [-0.39, 0.29) is 16.2 Å². The molecule has 0 bridgehead atoms. The van der Waals surface area contributed by atoms with E-state index in [1.807, 2.05) is 66.7 Å². The summed E-state index contributed by atoms with van der Waals surface area (Å²) in [5, 5.41) is 12.4. The number of hydrogen-bond acceptors (Lipinski definition) is 2. The van der Waals surface area contributed by atoms with Crippen LogP contribution in [-0.2, 0) is 4.79 Å². The van der Waals surface area contributed by atoms with Gasteiger partial charge < -0.3 is 5.32 Å². The fourth-order valence-electron chi connectivity index (χ4n) is 2.80. The molecule has 3 nitrogen and oxygen atoms in total. The Morgan fingerprint density at radius 1 is 0.964 bits per heavy atom. The lowest BCUT2D eigenvalue weighted by Gasteiger charge is -2.19. The zero-order valence-electron chi connectivity index (χ0n) is 14.8. The van der Waals surface area contributed by atoms with Crippen molar-refractivity contribution in [3.63, 3.8) is 0 Å². The van der Waals surface area contributed by atoms with E-state index in [2.05, 4.69) is 5.32 Å². The summed E-state index contributed by atoms with van der Waals surface area (Å²) in [6.07, 6.45) is 1.17. The van der Waals surface area contributed by atoms with Crippen LogP contribution in [0.1, 0.15) is 22.7 Å². The summed E-state index contributed by atoms with van der Waals surface area (Å²) in [7, 11) is 0. The first-order valence-corrected chi connectivity index (χ1v) is 8.94. The summed E-state index contributed by atoms with van der Waals surface area (Å²) in [6.45, 7) is 0.